The molecular formula is C32H32N4O5. The topological polar surface area (TPSA) is 148 Å². The molecule has 4 aliphatic heterocycles. The lowest BCUT2D eigenvalue weighted by Gasteiger charge is -2.03. The van der Waals surface area contributed by atoms with E-state index in [0.29, 0.717) is 33.1 Å². The number of allylic oxidation sites excluding steroid dienone is 7. The molecule has 9 nitrogen and oxygen atoms in total. The Labute approximate surface area is 237 Å². The van der Waals surface area contributed by atoms with Crippen LogP contribution >= 0.6 is 0 Å². The Bertz CT molecular complexity index is 1860. The first-order chi connectivity index (χ1) is 19.4. The number of aliphatic imine (C=N–C) groups is 3. The molecule has 1 aromatic heterocycles. The minimum Gasteiger partial charge on any atom is -0.511 e. The van der Waals surface area contributed by atoms with E-state index in [1.54, 1.807) is 19.9 Å². The van der Waals surface area contributed by atoms with Crippen LogP contribution in [0.4, 0.5) is 0 Å². The van der Waals surface area contributed by atoms with Crippen LogP contribution in [0, 0.1) is 6.92 Å². The van der Waals surface area contributed by atoms with Crippen molar-refractivity contribution in [3.8, 4) is 0 Å². The summed E-state index contributed by atoms with van der Waals surface area (Å²) in [5.41, 5.74) is 9.74. The molecule has 4 aliphatic rings. The lowest BCUT2D eigenvalue weighted by molar-refractivity contribution is -0.136. The van der Waals surface area contributed by atoms with E-state index in [2.05, 4.69) is 23.8 Å². The van der Waals surface area contributed by atoms with Gasteiger partial charge in [0, 0.05) is 10.9 Å². The Kier molecular flexibility index (Phi) is 6.98. The van der Waals surface area contributed by atoms with Crippen LogP contribution in [-0.2, 0) is 9.59 Å². The Hall–Kier alpha value is -4.79. The van der Waals surface area contributed by atoms with Crippen LogP contribution in [0.2, 0.25) is 0 Å². The minimum absolute atomic E-state index is 0.0282. The SMILES string of the molecule is CCC1=C(C)C2=Cc3[nH]c(/c(=C(/O)CC(=O)O)c3C)=CC3=NC(=CC4=NC(=CC1=N2)C(C)=C4CC)C(C)=C3C(=O)O. The van der Waals surface area contributed by atoms with Gasteiger partial charge in [0.2, 0.25) is 0 Å². The number of carboxylic acids is 2. The van der Waals surface area contributed by atoms with E-state index in [1.807, 2.05) is 32.1 Å². The number of aliphatic carboxylic acids is 2. The first-order valence-corrected chi connectivity index (χ1v) is 13.6. The van der Waals surface area contributed by atoms with Crippen molar-refractivity contribution in [1.82, 2.24) is 4.98 Å². The number of carboxylic acid groups (broad SMARTS) is 2. The average Bonchev–Trinajstić information content (AvgIpc) is 3.56. The second kappa shape index (κ2) is 10.3. The predicted molar refractivity (Wildman–Crippen MR) is 160 cm³/mol. The Morgan fingerprint density at radius 2 is 1.24 bits per heavy atom. The molecule has 9 heteroatoms. The molecule has 0 radical (unpaired) electrons. The molecule has 1 aromatic rings. The molecule has 0 spiro atoms. The molecule has 4 N–H and O–H groups in total. The lowest BCUT2D eigenvalue weighted by Crippen LogP contribution is -2.29. The fourth-order valence-corrected chi connectivity index (χ4v) is 5.80. The maximum absolute atomic E-state index is 12.4. The zero-order valence-electron chi connectivity index (χ0n) is 23.9. The first kappa shape index (κ1) is 27.8. The number of aromatic amines is 1. The smallest absolute Gasteiger partial charge is 0.338 e. The molecule has 0 fully saturated rings. The molecule has 0 aliphatic carbocycles. The summed E-state index contributed by atoms with van der Waals surface area (Å²) >= 11 is 0. The standard InChI is InChI=1S/C32H32N4O5/c1-7-18-14(3)20-9-22-16(5)30(28(37)13-29(38)39)26(35-22)12-27-31(32(40)41)17(6)23(36-27)11-25-19(8-2)15(4)21(34-25)10-24(18)33-20/h9-12,35,37H,7-8,13H2,1-6H3,(H,38,39)(H,40,41)/b20-9?,21-10?,23-11?,26-12?,30-28+. The van der Waals surface area contributed by atoms with Crippen molar-refractivity contribution in [3.63, 3.8) is 0 Å². The van der Waals surface area contributed by atoms with Crippen molar-refractivity contribution in [2.45, 2.75) is 60.8 Å². The Morgan fingerprint density at radius 3 is 1.76 bits per heavy atom. The van der Waals surface area contributed by atoms with Crippen molar-refractivity contribution in [1.29, 1.82) is 0 Å². The highest BCUT2D eigenvalue weighted by molar-refractivity contribution is 6.34. The third-order valence-electron chi connectivity index (χ3n) is 7.99. The van der Waals surface area contributed by atoms with Crippen LogP contribution in [0.25, 0.3) is 17.9 Å². The number of carbonyl (C=O) groups is 2. The molecule has 210 valence electrons. The van der Waals surface area contributed by atoms with E-state index in [9.17, 15) is 24.9 Å². The fourth-order valence-electron chi connectivity index (χ4n) is 5.80. The van der Waals surface area contributed by atoms with Crippen molar-refractivity contribution in [2.24, 2.45) is 15.0 Å². The van der Waals surface area contributed by atoms with Crippen molar-refractivity contribution in [3.05, 3.63) is 84.5 Å². The van der Waals surface area contributed by atoms with Crippen LogP contribution < -0.4 is 10.6 Å². The number of fused-ring (bicyclic) bond motifs is 5. The molecule has 41 heavy (non-hydrogen) atoms. The van der Waals surface area contributed by atoms with E-state index in [0.717, 1.165) is 58.0 Å². The number of hydrogen-bond donors (Lipinski definition) is 4. The monoisotopic (exact) mass is 552 g/mol. The van der Waals surface area contributed by atoms with Gasteiger partial charge < -0.3 is 20.3 Å². The van der Waals surface area contributed by atoms with Crippen LogP contribution in [0.1, 0.15) is 65.1 Å². The third-order valence-corrected chi connectivity index (χ3v) is 7.99. The number of H-pyrrole nitrogens is 1. The molecule has 0 saturated heterocycles. The van der Waals surface area contributed by atoms with E-state index in [4.69, 9.17) is 9.98 Å². The molecule has 0 amide bonds. The number of aromatic nitrogens is 1. The van der Waals surface area contributed by atoms with Crippen LogP contribution in [0.3, 0.4) is 0 Å². The van der Waals surface area contributed by atoms with Crippen LogP contribution in [0.15, 0.2) is 77.7 Å². The minimum atomic E-state index is -1.19. The number of aliphatic hydroxyl groups is 1. The van der Waals surface area contributed by atoms with Gasteiger partial charge in [0.1, 0.15) is 12.2 Å². The number of rotatable bonds is 5. The zero-order chi connectivity index (χ0) is 29.7. The third kappa shape index (κ3) is 4.67. The predicted octanol–water partition coefficient (Wildman–Crippen LogP) is 4.58. The number of nitrogens with zero attached hydrogens (tertiary/aromatic N) is 3. The summed E-state index contributed by atoms with van der Waals surface area (Å²) in [7, 11) is 0. The summed E-state index contributed by atoms with van der Waals surface area (Å²) in [5.74, 6) is -2.66. The largest absolute Gasteiger partial charge is 0.511 e. The summed E-state index contributed by atoms with van der Waals surface area (Å²) in [5, 5.41) is 31.0. The number of hydrogen-bond acceptors (Lipinski definition) is 6. The summed E-state index contributed by atoms with van der Waals surface area (Å²) in [6.45, 7) is 11.7. The number of nitrogens with one attached hydrogen (secondary N) is 1. The van der Waals surface area contributed by atoms with Gasteiger partial charge in [0.15, 0.2) is 0 Å². The molecule has 0 aromatic carbocycles. The molecule has 0 saturated carbocycles. The van der Waals surface area contributed by atoms with Gasteiger partial charge in [0.25, 0.3) is 0 Å². The van der Waals surface area contributed by atoms with Crippen molar-refractivity contribution >= 4 is 47.0 Å². The van der Waals surface area contributed by atoms with E-state index in [1.165, 1.54) is 0 Å². The molecule has 5 heterocycles. The van der Waals surface area contributed by atoms with Gasteiger partial charge in [-0.15, -0.1) is 0 Å². The van der Waals surface area contributed by atoms with Gasteiger partial charge in [-0.05, 0) is 98.3 Å². The summed E-state index contributed by atoms with van der Waals surface area (Å²) < 4.78 is 0. The quantitative estimate of drug-likeness (QED) is 0.422. The van der Waals surface area contributed by atoms with Crippen LogP contribution in [-0.4, -0.2) is 49.4 Å². The van der Waals surface area contributed by atoms with Gasteiger partial charge in [-0.3, -0.25) is 4.79 Å². The second-order valence-corrected chi connectivity index (χ2v) is 10.4. The van der Waals surface area contributed by atoms with Gasteiger partial charge in [-0.25, -0.2) is 19.8 Å². The van der Waals surface area contributed by atoms with Crippen LogP contribution in [0.5, 0.6) is 0 Å². The van der Waals surface area contributed by atoms with Crippen molar-refractivity contribution in [2.75, 3.05) is 0 Å². The average molecular weight is 553 g/mol. The van der Waals surface area contributed by atoms with Gasteiger partial charge in [0.05, 0.1) is 45.1 Å². The summed E-state index contributed by atoms with van der Waals surface area (Å²) in [6, 6.07) is 0. The summed E-state index contributed by atoms with van der Waals surface area (Å²) in [4.78, 5) is 41.7. The first-order valence-electron chi connectivity index (χ1n) is 13.6. The van der Waals surface area contributed by atoms with E-state index < -0.39 is 18.4 Å². The van der Waals surface area contributed by atoms with Gasteiger partial charge in [-0.1, -0.05) is 13.8 Å². The lowest BCUT2D eigenvalue weighted by atomic mass is 9.99. The van der Waals surface area contributed by atoms with E-state index in [-0.39, 0.29) is 17.0 Å². The van der Waals surface area contributed by atoms with Gasteiger partial charge in [-0.2, -0.15) is 0 Å². The van der Waals surface area contributed by atoms with Crippen molar-refractivity contribution < 1.29 is 24.9 Å². The Morgan fingerprint density at radius 1 is 0.732 bits per heavy atom. The van der Waals surface area contributed by atoms with Gasteiger partial charge >= 0.3 is 11.9 Å². The molecular weight excluding hydrogens is 520 g/mol. The summed E-state index contributed by atoms with van der Waals surface area (Å²) in [6.07, 6.45) is 8.16. The maximum atomic E-state index is 12.4. The maximum Gasteiger partial charge on any atom is 0.338 e. The molecule has 0 unspecified atom stereocenters. The molecule has 0 atom stereocenters. The second-order valence-electron chi connectivity index (χ2n) is 10.4. The highest BCUT2D eigenvalue weighted by atomic mass is 16.4. The molecule has 5 rings (SSSR count). The Balaban J connectivity index is 1.91. The number of aliphatic hydroxyl groups excluding tert-OH is 1. The highest BCUT2D eigenvalue weighted by Crippen LogP contribution is 2.35. The van der Waals surface area contributed by atoms with E-state index >= 15 is 0 Å². The molecule has 8 bridgehead atoms. The highest BCUT2D eigenvalue weighted by Gasteiger charge is 2.28. The zero-order valence-corrected chi connectivity index (χ0v) is 23.9. The normalized spacial score (nSPS) is 19.0. The fraction of sp³-hybridized carbons (Fsp3) is 0.281.